The summed E-state index contributed by atoms with van der Waals surface area (Å²) in [6, 6.07) is 9.11. The van der Waals surface area contributed by atoms with E-state index in [0.29, 0.717) is 11.4 Å². The summed E-state index contributed by atoms with van der Waals surface area (Å²) in [7, 11) is 0. The number of hydrazone groups is 1. The SMILES string of the molecule is Cc1ccsc1/C=N\NC(=O)CN1C(=O)COc2ccccc21. The van der Waals surface area contributed by atoms with Gasteiger partial charge in [0.1, 0.15) is 12.3 Å². The normalized spacial score (nSPS) is 13.8. The maximum Gasteiger partial charge on any atom is 0.265 e. The maximum absolute atomic E-state index is 12.0. The van der Waals surface area contributed by atoms with Gasteiger partial charge in [0.25, 0.3) is 11.8 Å². The Balaban J connectivity index is 1.65. The summed E-state index contributed by atoms with van der Waals surface area (Å²) in [5.74, 6) is -0.0185. The Morgan fingerprint density at radius 2 is 2.26 bits per heavy atom. The van der Waals surface area contributed by atoms with Gasteiger partial charge in [0.2, 0.25) is 0 Å². The minimum absolute atomic E-state index is 0.0675. The van der Waals surface area contributed by atoms with E-state index < -0.39 is 0 Å². The zero-order chi connectivity index (χ0) is 16.2. The van der Waals surface area contributed by atoms with Crippen LogP contribution in [0.2, 0.25) is 0 Å². The van der Waals surface area contributed by atoms with Crippen molar-refractivity contribution >= 4 is 35.1 Å². The number of aryl methyl sites for hydroxylation is 1. The topological polar surface area (TPSA) is 71.0 Å². The zero-order valence-corrected chi connectivity index (χ0v) is 13.3. The number of anilines is 1. The van der Waals surface area contributed by atoms with Crippen LogP contribution in [0.3, 0.4) is 0 Å². The molecule has 0 spiro atoms. The van der Waals surface area contributed by atoms with Gasteiger partial charge in [0.05, 0.1) is 11.9 Å². The minimum Gasteiger partial charge on any atom is -0.482 e. The number of thiophene rings is 1. The van der Waals surface area contributed by atoms with Gasteiger partial charge in [-0.2, -0.15) is 5.10 Å². The van der Waals surface area contributed by atoms with Crippen LogP contribution in [0.5, 0.6) is 5.75 Å². The quantitative estimate of drug-likeness (QED) is 0.688. The molecule has 0 aliphatic carbocycles. The highest BCUT2D eigenvalue weighted by atomic mass is 32.1. The van der Waals surface area contributed by atoms with E-state index in [4.69, 9.17) is 4.74 Å². The first-order valence-electron chi connectivity index (χ1n) is 7.03. The third-order valence-electron chi connectivity index (χ3n) is 3.38. The summed E-state index contributed by atoms with van der Waals surface area (Å²) in [6.45, 7) is 1.81. The van der Waals surface area contributed by atoms with Gasteiger partial charge in [-0.1, -0.05) is 12.1 Å². The Bertz CT molecular complexity index is 769. The standard InChI is InChI=1S/C16H15N3O3S/c1-11-6-7-23-14(11)8-17-18-15(20)9-19-12-4-2-3-5-13(12)22-10-16(19)21/h2-8H,9-10H2,1H3,(H,18,20)/b17-8-. The number of nitrogens with one attached hydrogen (secondary N) is 1. The molecule has 0 fully saturated rings. The first-order valence-corrected chi connectivity index (χ1v) is 7.91. The molecule has 0 atom stereocenters. The molecular formula is C16H15N3O3S. The van der Waals surface area contributed by atoms with Gasteiger partial charge in [0.15, 0.2) is 6.61 Å². The third kappa shape index (κ3) is 3.40. The summed E-state index contributed by atoms with van der Waals surface area (Å²) in [4.78, 5) is 26.4. The van der Waals surface area contributed by atoms with Crippen molar-refractivity contribution in [2.45, 2.75) is 6.92 Å². The van der Waals surface area contributed by atoms with Crippen LogP contribution in [0.1, 0.15) is 10.4 Å². The molecule has 23 heavy (non-hydrogen) atoms. The Kier molecular flexibility index (Phi) is 4.38. The Morgan fingerprint density at radius 3 is 3.04 bits per heavy atom. The lowest BCUT2D eigenvalue weighted by molar-refractivity contribution is -0.125. The average molecular weight is 329 g/mol. The van der Waals surface area contributed by atoms with E-state index in [0.717, 1.165) is 10.4 Å². The molecule has 2 aromatic rings. The summed E-state index contributed by atoms with van der Waals surface area (Å²) in [6.07, 6.45) is 1.60. The van der Waals surface area contributed by atoms with Crippen molar-refractivity contribution in [1.29, 1.82) is 0 Å². The number of ether oxygens (including phenoxy) is 1. The number of nitrogens with zero attached hydrogens (tertiary/aromatic N) is 2. The number of para-hydroxylation sites is 2. The molecule has 0 bridgehead atoms. The number of amides is 2. The van der Waals surface area contributed by atoms with Crippen molar-refractivity contribution in [1.82, 2.24) is 5.43 Å². The van der Waals surface area contributed by atoms with Crippen LogP contribution in [0.25, 0.3) is 0 Å². The van der Waals surface area contributed by atoms with Crippen molar-refractivity contribution < 1.29 is 14.3 Å². The summed E-state index contributed by atoms with van der Waals surface area (Å²) in [5.41, 5.74) is 4.15. The lowest BCUT2D eigenvalue weighted by Gasteiger charge is -2.28. The van der Waals surface area contributed by atoms with E-state index in [2.05, 4.69) is 10.5 Å². The van der Waals surface area contributed by atoms with E-state index in [1.165, 1.54) is 4.90 Å². The van der Waals surface area contributed by atoms with E-state index in [9.17, 15) is 9.59 Å². The Morgan fingerprint density at radius 1 is 1.43 bits per heavy atom. The molecule has 0 saturated carbocycles. The fraction of sp³-hybridized carbons (Fsp3) is 0.188. The highest BCUT2D eigenvalue weighted by Gasteiger charge is 2.26. The molecule has 0 radical (unpaired) electrons. The van der Waals surface area contributed by atoms with Gasteiger partial charge in [-0.15, -0.1) is 11.3 Å². The number of rotatable bonds is 4. The molecule has 1 N–H and O–H groups in total. The molecule has 2 amide bonds. The first kappa shape index (κ1) is 15.2. The number of hydrogen-bond acceptors (Lipinski definition) is 5. The highest BCUT2D eigenvalue weighted by Crippen LogP contribution is 2.31. The second kappa shape index (κ2) is 6.62. The average Bonchev–Trinajstić information content (AvgIpc) is 2.95. The van der Waals surface area contributed by atoms with Gasteiger partial charge >= 0.3 is 0 Å². The van der Waals surface area contributed by atoms with Gasteiger partial charge < -0.3 is 4.74 Å². The molecular weight excluding hydrogens is 314 g/mol. The van der Waals surface area contributed by atoms with Crippen molar-refractivity contribution in [3.63, 3.8) is 0 Å². The van der Waals surface area contributed by atoms with Gasteiger partial charge in [-0.25, -0.2) is 5.43 Å². The van der Waals surface area contributed by atoms with Gasteiger partial charge in [-0.05, 0) is 36.1 Å². The first-order chi connectivity index (χ1) is 11.1. The van der Waals surface area contributed by atoms with Gasteiger partial charge in [0, 0.05) is 4.88 Å². The molecule has 0 saturated heterocycles. The molecule has 0 unspecified atom stereocenters. The molecule has 1 aliphatic rings. The summed E-state index contributed by atoms with van der Waals surface area (Å²) < 4.78 is 5.34. The number of fused-ring (bicyclic) bond motifs is 1. The molecule has 1 aromatic carbocycles. The summed E-state index contributed by atoms with van der Waals surface area (Å²) >= 11 is 1.55. The lowest BCUT2D eigenvalue weighted by atomic mass is 10.2. The van der Waals surface area contributed by atoms with Crippen molar-refractivity contribution in [2.24, 2.45) is 5.10 Å². The molecule has 2 heterocycles. The van der Waals surface area contributed by atoms with Gasteiger partial charge in [-0.3, -0.25) is 14.5 Å². The number of carbonyl (C=O) groups is 2. The second-order valence-electron chi connectivity index (χ2n) is 5.00. The predicted molar refractivity (Wildman–Crippen MR) is 89.1 cm³/mol. The fourth-order valence-corrected chi connectivity index (χ4v) is 2.97. The number of benzene rings is 1. The van der Waals surface area contributed by atoms with Crippen LogP contribution < -0.4 is 15.1 Å². The van der Waals surface area contributed by atoms with Crippen LogP contribution >= 0.6 is 11.3 Å². The van der Waals surface area contributed by atoms with Crippen LogP contribution in [-0.4, -0.2) is 31.2 Å². The third-order valence-corrected chi connectivity index (χ3v) is 4.34. The second-order valence-corrected chi connectivity index (χ2v) is 5.95. The van der Waals surface area contributed by atoms with Crippen molar-refractivity contribution in [3.8, 4) is 5.75 Å². The van der Waals surface area contributed by atoms with Crippen molar-refractivity contribution in [3.05, 3.63) is 46.2 Å². The van der Waals surface area contributed by atoms with Crippen molar-refractivity contribution in [2.75, 3.05) is 18.1 Å². The van der Waals surface area contributed by atoms with E-state index in [1.54, 1.807) is 35.8 Å². The van der Waals surface area contributed by atoms with E-state index in [-0.39, 0.29) is 25.0 Å². The molecule has 3 rings (SSSR count). The smallest absolute Gasteiger partial charge is 0.265 e. The highest BCUT2D eigenvalue weighted by molar-refractivity contribution is 7.11. The number of hydrogen-bond donors (Lipinski definition) is 1. The lowest BCUT2D eigenvalue weighted by Crippen LogP contribution is -2.44. The molecule has 6 nitrogen and oxygen atoms in total. The Hall–Kier alpha value is -2.67. The van der Waals surface area contributed by atoms with E-state index >= 15 is 0 Å². The number of carbonyl (C=O) groups excluding carboxylic acids is 2. The molecule has 118 valence electrons. The van der Waals surface area contributed by atoms with Crippen LogP contribution in [0.15, 0.2) is 40.8 Å². The Labute approximate surface area is 137 Å². The largest absolute Gasteiger partial charge is 0.482 e. The van der Waals surface area contributed by atoms with Crippen LogP contribution in [-0.2, 0) is 9.59 Å². The maximum atomic E-state index is 12.0. The monoisotopic (exact) mass is 329 g/mol. The van der Waals surface area contributed by atoms with E-state index in [1.807, 2.05) is 24.4 Å². The zero-order valence-electron chi connectivity index (χ0n) is 12.5. The predicted octanol–water partition coefficient (Wildman–Crippen LogP) is 1.93. The molecule has 1 aliphatic heterocycles. The molecule has 7 heteroatoms. The summed E-state index contributed by atoms with van der Waals surface area (Å²) in [5, 5.41) is 5.90. The fourth-order valence-electron chi connectivity index (χ4n) is 2.19. The van der Waals surface area contributed by atoms with Crippen LogP contribution in [0, 0.1) is 6.92 Å². The molecule has 1 aromatic heterocycles. The minimum atomic E-state index is -0.361. The van der Waals surface area contributed by atoms with Crippen LogP contribution in [0.4, 0.5) is 5.69 Å².